The second kappa shape index (κ2) is 5.02. The fourth-order valence-electron chi connectivity index (χ4n) is 2.82. The van der Waals surface area contributed by atoms with Crippen molar-refractivity contribution < 1.29 is 5.11 Å². The van der Waals surface area contributed by atoms with E-state index in [4.69, 9.17) is 0 Å². The van der Waals surface area contributed by atoms with Gasteiger partial charge in [-0.25, -0.2) is 0 Å². The first-order chi connectivity index (χ1) is 8.75. The predicted molar refractivity (Wildman–Crippen MR) is 73.5 cm³/mol. The number of rotatable bonds is 4. The first kappa shape index (κ1) is 12.2. The Kier molecular flexibility index (Phi) is 3.40. The Balaban J connectivity index is 1.57. The number of aliphatic hydroxyl groups is 1. The van der Waals surface area contributed by atoms with Crippen LogP contribution < -0.4 is 5.32 Å². The molecule has 1 atom stereocenters. The van der Waals surface area contributed by atoms with Crippen molar-refractivity contribution in [2.45, 2.75) is 56.6 Å². The highest BCUT2D eigenvalue weighted by atomic mass is 16.3. The van der Waals surface area contributed by atoms with Crippen LogP contribution in [0.25, 0.3) is 0 Å². The molecule has 2 heteroatoms. The van der Waals surface area contributed by atoms with Crippen LogP contribution in [-0.2, 0) is 6.42 Å². The van der Waals surface area contributed by atoms with Gasteiger partial charge in [0.15, 0.2) is 0 Å². The zero-order chi connectivity index (χ0) is 12.4. The molecule has 0 bridgehead atoms. The minimum atomic E-state index is -0.316. The maximum Gasteiger partial charge on any atom is 0.0653 e. The molecule has 1 heterocycles. The van der Waals surface area contributed by atoms with Crippen molar-refractivity contribution in [1.29, 1.82) is 0 Å². The molecule has 0 spiro atoms. The molecule has 2 nitrogen and oxygen atoms in total. The third-order valence-electron chi connectivity index (χ3n) is 4.40. The third-order valence-corrected chi connectivity index (χ3v) is 4.40. The summed E-state index contributed by atoms with van der Waals surface area (Å²) in [7, 11) is 0. The van der Waals surface area contributed by atoms with Crippen molar-refractivity contribution >= 4 is 0 Å². The van der Waals surface area contributed by atoms with Crippen molar-refractivity contribution in [2.75, 3.05) is 6.54 Å². The Hall–Kier alpha value is -0.860. The van der Waals surface area contributed by atoms with Crippen molar-refractivity contribution in [3.05, 3.63) is 35.4 Å². The minimum absolute atomic E-state index is 0.316. The zero-order valence-electron chi connectivity index (χ0n) is 11.0. The second-order valence-electron chi connectivity index (χ2n) is 5.97. The predicted octanol–water partition coefficient (Wildman–Crippen LogP) is 2.96. The Morgan fingerprint density at radius 2 is 1.94 bits per heavy atom. The van der Waals surface area contributed by atoms with E-state index >= 15 is 0 Å². The summed E-state index contributed by atoms with van der Waals surface area (Å²) in [5, 5.41) is 13.4. The van der Waals surface area contributed by atoms with E-state index in [-0.39, 0.29) is 5.60 Å². The lowest BCUT2D eigenvalue weighted by molar-refractivity contribution is 0.140. The number of aryl methyl sites for hydroxylation is 1. The summed E-state index contributed by atoms with van der Waals surface area (Å²) in [4.78, 5) is 0. The van der Waals surface area contributed by atoms with Crippen LogP contribution in [0.5, 0.6) is 0 Å². The molecular formula is C16H23NO. The summed E-state index contributed by atoms with van der Waals surface area (Å²) >= 11 is 0. The molecule has 1 aliphatic carbocycles. The average molecular weight is 245 g/mol. The molecule has 1 aromatic rings. The molecule has 0 amide bonds. The van der Waals surface area contributed by atoms with Gasteiger partial charge in [0.2, 0.25) is 0 Å². The standard InChI is InChI=1S/C16H23NO/c18-16(10-11-16)9-8-13-4-6-14(7-5-13)15-3-1-2-12-17-15/h4-7,15,17-18H,1-3,8-12H2. The largest absolute Gasteiger partial charge is 0.390 e. The maximum atomic E-state index is 9.84. The van der Waals surface area contributed by atoms with Gasteiger partial charge in [0, 0.05) is 6.04 Å². The van der Waals surface area contributed by atoms with Crippen LogP contribution >= 0.6 is 0 Å². The summed E-state index contributed by atoms with van der Waals surface area (Å²) < 4.78 is 0. The Bertz CT molecular complexity index is 388. The van der Waals surface area contributed by atoms with Gasteiger partial charge in [0.1, 0.15) is 0 Å². The minimum Gasteiger partial charge on any atom is -0.390 e. The summed E-state index contributed by atoms with van der Waals surface area (Å²) in [5.41, 5.74) is 2.46. The third kappa shape index (κ3) is 2.93. The Morgan fingerprint density at radius 1 is 1.17 bits per heavy atom. The van der Waals surface area contributed by atoms with Gasteiger partial charge >= 0.3 is 0 Å². The monoisotopic (exact) mass is 245 g/mol. The van der Waals surface area contributed by atoms with Crippen molar-refractivity contribution in [3.8, 4) is 0 Å². The van der Waals surface area contributed by atoms with Crippen LogP contribution in [0.15, 0.2) is 24.3 Å². The molecule has 1 unspecified atom stereocenters. The van der Waals surface area contributed by atoms with Gasteiger partial charge in [-0.2, -0.15) is 0 Å². The van der Waals surface area contributed by atoms with Crippen LogP contribution in [0.3, 0.4) is 0 Å². The number of hydrogen-bond acceptors (Lipinski definition) is 2. The van der Waals surface area contributed by atoms with Crippen molar-refractivity contribution in [3.63, 3.8) is 0 Å². The van der Waals surface area contributed by atoms with E-state index in [9.17, 15) is 5.11 Å². The summed E-state index contributed by atoms with van der Waals surface area (Å²) in [5.74, 6) is 0. The fourth-order valence-corrected chi connectivity index (χ4v) is 2.82. The number of hydrogen-bond donors (Lipinski definition) is 2. The quantitative estimate of drug-likeness (QED) is 0.855. The average Bonchev–Trinajstić information content (AvgIpc) is 3.17. The Labute approximate surface area is 109 Å². The molecule has 2 N–H and O–H groups in total. The highest BCUT2D eigenvalue weighted by molar-refractivity contribution is 5.25. The molecular weight excluding hydrogens is 222 g/mol. The lowest BCUT2D eigenvalue weighted by Gasteiger charge is -2.24. The molecule has 1 saturated heterocycles. The van der Waals surface area contributed by atoms with E-state index < -0.39 is 0 Å². The van der Waals surface area contributed by atoms with Gasteiger partial charge in [0.25, 0.3) is 0 Å². The van der Waals surface area contributed by atoms with Gasteiger partial charge in [-0.15, -0.1) is 0 Å². The van der Waals surface area contributed by atoms with E-state index in [0.717, 1.165) is 32.2 Å². The summed E-state index contributed by atoms with van der Waals surface area (Å²) in [6, 6.07) is 9.54. The Morgan fingerprint density at radius 3 is 2.56 bits per heavy atom. The summed E-state index contributed by atoms with van der Waals surface area (Å²) in [6.45, 7) is 1.15. The number of nitrogens with one attached hydrogen (secondary N) is 1. The van der Waals surface area contributed by atoms with E-state index in [1.54, 1.807) is 0 Å². The molecule has 3 rings (SSSR count). The number of benzene rings is 1. The van der Waals surface area contributed by atoms with Gasteiger partial charge in [0.05, 0.1) is 5.60 Å². The molecule has 1 saturated carbocycles. The molecule has 0 aromatic heterocycles. The van der Waals surface area contributed by atoms with Gasteiger partial charge in [-0.05, 0) is 56.2 Å². The van der Waals surface area contributed by atoms with Crippen LogP contribution in [0.4, 0.5) is 0 Å². The highest BCUT2D eigenvalue weighted by Gasteiger charge is 2.39. The smallest absolute Gasteiger partial charge is 0.0653 e. The van der Waals surface area contributed by atoms with E-state index in [2.05, 4.69) is 29.6 Å². The zero-order valence-corrected chi connectivity index (χ0v) is 11.0. The van der Waals surface area contributed by atoms with E-state index in [1.807, 2.05) is 0 Å². The lowest BCUT2D eigenvalue weighted by atomic mass is 9.96. The first-order valence-electron chi connectivity index (χ1n) is 7.30. The van der Waals surface area contributed by atoms with Crippen LogP contribution in [0.1, 0.15) is 55.7 Å². The van der Waals surface area contributed by atoms with Gasteiger partial charge in [-0.3, -0.25) is 0 Å². The molecule has 18 heavy (non-hydrogen) atoms. The van der Waals surface area contributed by atoms with E-state index in [0.29, 0.717) is 6.04 Å². The molecule has 0 radical (unpaired) electrons. The molecule has 1 aliphatic heterocycles. The maximum absolute atomic E-state index is 9.84. The van der Waals surface area contributed by atoms with Gasteiger partial charge in [-0.1, -0.05) is 30.7 Å². The van der Waals surface area contributed by atoms with Crippen molar-refractivity contribution in [1.82, 2.24) is 5.32 Å². The SMILES string of the molecule is OC1(CCc2ccc(C3CCCCN3)cc2)CC1. The van der Waals surface area contributed by atoms with Crippen LogP contribution in [0, 0.1) is 0 Å². The fraction of sp³-hybridized carbons (Fsp3) is 0.625. The second-order valence-corrected chi connectivity index (χ2v) is 5.97. The molecule has 2 aliphatic rings. The normalized spacial score (nSPS) is 25.9. The lowest BCUT2D eigenvalue weighted by Crippen LogP contribution is -2.26. The molecule has 1 aromatic carbocycles. The molecule has 2 fully saturated rings. The van der Waals surface area contributed by atoms with Crippen LogP contribution in [-0.4, -0.2) is 17.3 Å². The summed E-state index contributed by atoms with van der Waals surface area (Å²) in [6.07, 6.45) is 7.84. The number of piperidine rings is 1. The van der Waals surface area contributed by atoms with Crippen LogP contribution in [0.2, 0.25) is 0 Å². The van der Waals surface area contributed by atoms with E-state index in [1.165, 1.54) is 30.4 Å². The highest BCUT2D eigenvalue weighted by Crippen LogP contribution is 2.39. The first-order valence-corrected chi connectivity index (χ1v) is 7.30. The van der Waals surface area contributed by atoms with Crippen molar-refractivity contribution in [2.24, 2.45) is 0 Å². The van der Waals surface area contributed by atoms with Gasteiger partial charge < -0.3 is 10.4 Å². The molecule has 98 valence electrons. The topological polar surface area (TPSA) is 32.3 Å².